The van der Waals surface area contributed by atoms with Gasteiger partial charge in [-0.3, -0.25) is 0 Å². The smallest absolute Gasteiger partial charge is 0.343 e. The minimum atomic E-state index is -0.782. The Labute approximate surface area is 153 Å². The molecule has 0 saturated carbocycles. The number of benzene rings is 2. The Bertz CT molecular complexity index is 840. The van der Waals surface area contributed by atoms with E-state index in [1.807, 2.05) is 0 Å². The van der Waals surface area contributed by atoms with Crippen LogP contribution in [0.4, 0.5) is 4.79 Å². The van der Waals surface area contributed by atoms with Crippen molar-refractivity contribution >= 4 is 41.4 Å². The maximum atomic E-state index is 12.2. The molecule has 2 aromatic rings. The van der Waals surface area contributed by atoms with E-state index in [0.29, 0.717) is 16.3 Å². The molecule has 0 atom stereocenters. The van der Waals surface area contributed by atoms with Gasteiger partial charge in [-0.2, -0.15) is 5.10 Å². The molecule has 2 aromatic carbocycles. The molecule has 3 N–H and O–H groups in total. The molecule has 0 spiro atoms. The first-order valence-corrected chi connectivity index (χ1v) is 7.60. The van der Waals surface area contributed by atoms with Gasteiger partial charge in [0, 0.05) is 0 Å². The topological polar surface area (TPSA) is 103 Å². The van der Waals surface area contributed by atoms with Gasteiger partial charge >= 0.3 is 12.0 Å². The lowest BCUT2D eigenvalue weighted by molar-refractivity contribution is 0.0729. The molecule has 7 nitrogen and oxygen atoms in total. The van der Waals surface area contributed by atoms with Gasteiger partial charge in [0.25, 0.3) is 0 Å². The number of amides is 2. The number of hydrazone groups is 1. The van der Waals surface area contributed by atoms with Crippen molar-refractivity contribution in [2.75, 3.05) is 7.11 Å². The third kappa shape index (κ3) is 5.10. The maximum absolute atomic E-state index is 12.2. The van der Waals surface area contributed by atoms with Gasteiger partial charge in [0.1, 0.15) is 0 Å². The molecule has 2 amide bonds. The van der Waals surface area contributed by atoms with Crippen LogP contribution in [-0.2, 0) is 0 Å². The molecule has 0 heterocycles. The van der Waals surface area contributed by atoms with Crippen LogP contribution >= 0.6 is 23.2 Å². The number of esters is 1. The molecule has 9 heteroatoms. The predicted molar refractivity (Wildman–Crippen MR) is 94.7 cm³/mol. The van der Waals surface area contributed by atoms with Crippen LogP contribution in [0.1, 0.15) is 15.9 Å². The van der Waals surface area contributed by atoms with Crippen molar-refractivity contribution in [2.24, 2.45) is 10.8 Å². The van der Waals surface area contributed by atoms with Crippen molar-refractivity contribution in [1.29, 1.82) is 0 Å². The zero-order chi connectivity index (χ0) is 18.4. The highest BCUT2D eigenvalue weighted by Gasteiger charge is 2.14. The molecule has 2 rings (SSSR count). The molecule has 130 valence electrons. The number of methoxy groups -OCH3 is 1. The lowest BCUT2D eigenvalue weighted by Crippen LogP contribution is -2.24. The van der Waals surface area contributed by atoms with Crippen molar-refractivity contribution in [1.82, 2.24) is 5.43 Å². The monoisotopic (exact) mass is 381 g/mol. The van der Waals surface area contributed by atoms with Crippen LogP contribution in [0.3, 0.4) is 0 Å². The fourth-order valence-electron chi connectivity index (χ4n) is 1.80. The summed E-state index contributed by atoms with van der Waals surface area (Å²) in [6.45, 7) is 0. The van der Waals surface area contributed by atoms with Crippen LogP contribution < -0.4 is 20.6 Å². The van der Waals surface area contributed by atoms with Crippen molar-refractivity contribution < 1.29 is 19.1 Å². The van der Waals surface area contributed by atoms with Crippen molar-refractivity contribution in [3.05, 3.63) is 57.6 Å². The van der Waals surface area contributed by atoms with Crippen molar-refractivity contribution in [3.63, 3.8) is 0 Å². The van der Waals surface area contributed by atoms with Crippen LogP contribution in [0, 0.1) is 0 Å². The second-order valence-corrected chi connectivity index (χ2v) is 5.48. The molecule has 0 aliphatic rings. The van der Waals surface area contributed by atoms with Crippen molar-refractivity contribution in [3.8, 4) is 11.5 Å². The predicted octanol–water partition coefficient (Wildman–Crippen LogP) is 3.22. The van der Waals surface area contributed by atoms with Gasteiger partial charge < -0.3 is 15.2 Å². The number of carbonyl (C=O) groups is 2. The zero-order valence-electron chi connectivity index (χ0n) is 13.0. The first-order chi connectivity index (χ1) is 11.9. The van der Waals surface area contributed by atoms with Gasteiger partial charge in [0.15, 0.2) is 11.5 Å². The number of halogens is 2. The van der Waals surface area contributed by atoms with Gasteiger partial charge in [-0.15, -0.1) is 0 Å². The summed E-state index contributed by atoms with van der Waals surface area (Å²) < 4.78 is 10.5. The van der Waals surface area contributed by atoms with Gasteiger partial charge in [0.2, 0.25) is 0 Å². The summed E-state index contributed by atoms with van der Waals surface area (Å²) in [5.74, 6) is -0.108. The Balaban J connectivity index is 2.18. The lowest BCUT2D eigenvalue weighted by Gasteiger charge is -2.10. The van der Waals surface area contributed by atoms with E-state index < -0.39 is 12.0 Å². The number of nitrogens with one attached hydrogen (secondary N) is 1. The van der Waals surface area contributed by atoms with Gasteiger partial charge in [-0.25, -0.2) is 15.0 Å². The SMILES string of the molecule is COc1cc(C=NNC(N)=O)ccc1OC(=O)c1ccc(Cl)c(Cl)c1. The molecule has 25 heavy (non-hydrogen) atoms. The minimum absolute atomic E-state index is 0.207. The Morgan fingerprint density at radius 3 is 2.52 bits per heavy atom. The Morgan fingerprint density at radius 1 is 1.12 bits per heavy atom. The molecule has 0 saturated heterocycles. The van der Waals surface area contributed by atoms with E-state index >= 15 is 0 Å². The standard InChI is InChI=1S/C16H13Cl2N3O4/c1-24-14-6-9(8-20-21-16(19)23)2-5-13(14)25-15(22)10-3-4-11(17)12(18)7-10/h2-8H,1H3,(H3,19,21,23). The molecule has 0 unspecified atom stereocenters. The molecular weight excluding hydrogens is 369 g/mol. The number of nitrogens with two attached hydrogens (primary N) is 1. The highest BCUT2D eigenvalue weighted by molar-refractivity contribution is 6.42. The number of nitrogens with zero attached hydrogens (tertiary/aromatic N) is 1. The first-order valence-electron chi connectivity index (χ1n) is 6.84. The molecular formula is C16H13Cl2N3O4. The highest BCUT2D eigenvalue weighted by atomic mass is 35.5. The van der Waals surface area contributed by atoms with Crippen LogP contribution in [0.5, 0.6) is 11.5 Å². The number of urea groups is 1. The molecule has 0 aromatic heterocycles. The van der Waals surface area contributed by atoms with Gasteiger partial charge in [-0.1, -0.05) is 23.2 Å². The number of rotatable bonds is 5. The average Bonchev–Trinajstić information content (AvgIpc) is 2.58. The number of carbonyl (C=O) groups excluding carboxylic acids is 2. The fourth-order valence-corrected chi connectivity index (χ4v) is 2.10. The second-order valence-electron chi connectivity index (χ2n) is 4.66. The summed E-state index contributed by atoms with van der Waals surface area (Å²) in [4.78, 5) is 22.8. The summed E-state index contributed by atoms with van der Waals surface area (Å²) in [5.41, 5.74) is 7.81. The van der Waals surface area contributed by atoms with E-state index in [4.69, 9.17) is 38.4 Å². The summed E-state index contributed by atoms with van der Waals surface area (Å²) in [6.07, 6.45) is 1.36. The zero-order valence-corrected chi connectivity index (χ0v) is 14.5. The van der Waals surface area contributed by atoms with E-state index in [1.165, 1.54) is 37.6 Å². The second kappa shape index (κ2) is 8.36. The van der Waals surface area contributed by atoms with E-state index in [9.17, 15) is 9.59 Å². The number of hydrogen-bond donors (Lipinski definition) is 2. The normalized spacial score (nSPS) is 10.5. The first kappa shape index (κ1) is 18.6. The Morgan fingerprint density at radius 2 is 1.88 bits per heavy atom. The average molecular weight is 382 g/mol. The maximum Gasteiger partial charge on any atom is 0.343 e. The number of ether oxygens (including phenoxy) is 2. The van der Waals surface area contributed by atoms with E-state index in [-0.39, 0.29) is 16.3 Å². The lowest BCUT2D eigenvalue weighted by atomic mass is 10.2. The van der Waals surface area contributed by atoms with Crippen LogP contribution in [0.25, 0.3) is 0 Å². The van der Waals surface area contributed by atoms with Crippen LogP contribution in [-0.4, -0.2) is 25.3 Å². The third-order valence-electron chi connectivity index (χ3n) is 2.93. The minimum Gasteiger partial charge on any atom is -0.493 e. The largest absolute Gasteiger partial charge is 0.493 e. The van der Waals surface area contributed by atoms with E-state index in [2.05, 4.69) is 10.5 Å². The Hall–Kier alpha value is -2.77. The number of hydrogen-bond acceptors (Lipinski definition) is 5. The summed E-state index contributed by atoms with van der Waals surface area (Å²) in [5, 5.41) is 4.22. The van der Waals surface area contributed by atoms with Crippen molar-refractivity contribution in [2.45, 2.75) is 0 Å². The number of primary amides is 1. The third-order valence-corrected chi connectivity index (χ3v) is 3.67. The van der Waals surface area contributed by atoms with E-state index in [1.54, 1.807) is 12.1 Å². The van der Waals surface area contributed by atoms with Crippen LogP contribution in [0.2, 0.25) is 10.0 Å². The Kier molecular flexibility index (Phi) is 6.21. The summed E-state index contributed by atoms with van der Waals surface area (Å²) in [7, 11) is 1.43. The highest BCUT2D eigenvalue weighted by Crippen LogP contribution is 2.29. The fraction of sp³-hybridized carbons (Fsp3) is 0.0625. The summed E-state index contributed by atoms with van der Waals surface area (Å²) >= 11 is 11.7. The molecule has 0 aliphatic heterocycles. The molecule has 0 fully saturated rings. The summed E-state index contributed by atoms with van der Waals surface area (Å²) in [6, 6.07) is 8.35. The molecule has 0 radical (unpaired) electrons. The quantitative estimate of drug-likeness (QED) is 0.359. The molecule has 0 aliphatic carbocycles. The molecule has 0 bridgehead atoms. The van der Waals surface area contributed by atoms with Gasteiger partial charge in [0.05, 0.1) is 28.9 Å². The van der Waals surface area contributed by atoms with Gasteiger partial charge in [-0.05, 0) is 42.0 Å². The van der Waals surface area contributed by atoms with E-state index in [0.717, 1.165) is 0 Å². The van der Waals surface area contributed by atoms with Crippen LogP contribution in [0.15, 0.2) is 41.5 Å².